The summed E-state index contributed by atoms with van der Waals surface area (Å²) in [6.45, 7) is 0. The molecular weight excluding hydrogens is 244 g/mol. The molecule has 0 atom stereocenters. The molecule has 0 heterocycles. The molecule has 0 aliphatic heterocycles. The zero-order valence-corrected chi connectivity index (χ0v) is 11.1. The van der Waals surface area contributed by atoms with Crippen LogP contribution >= 0.6 is 0 Å². The zero-order valence-electron chi connectivity index (χ0n) is 11.1. The molecule has 100 valence electrons. The molecule has 4 nitrogen and oxygen atoms in total. The van der Waals surface area contributed by atoms with Crippen LogP contribution in [-0.2, 0) is 25.5 Å². The molecule has 0 amide bonds. The van der Waals surface area contributed by atoms with E-state index in [-0.39, 0.29) is 18.4 Å². The molecule has 1 rings (SSSR count). The van der Waals surface area contributed by atoms with Crippen molar-refractivity contribution >= 4 is 11.9 Å². The summed E-state index contributed by atoms with van der Waals surface area (Å²) in [4.78, 5) is 22.1. The Morgan fingerprint density at radius 3 is 2.47 bits per heavy atom. The minimum atomic E-state index is -0.362. The van der Waals surface area contributed by atoms with Crippen LogP contribution in [0.1, 0.15) is 24.0 Å². The number of hydrogen-bond acceptors (Lipinski definition) is 4. The molecule has 19 heavy (non-hydrogen) atoms. The Bertz CT molecular complexity index is 508. The number of methoxy groups -OCH3 is 2. The summed E-state index contributed by atoms with van der Waals surface area (Å²) in [6, 6.07) is 7.52. The third kappa shape index (κ3) is 5.26. The van der Waals surface area contributed by atoms with Gasteiger partial charge in [-0.3, -0.25) is 9.59 Å². The molecule has 0 fully saturated rings. The molecule has 0 bridgehead atoms. The van der Waals surface area contributed by atoms with Crippen molar-refractivity contribution in [1.29, 1.82) is 0 Å². The predicted octanol–water partition coefficient (Wildman–Crippen LogP) is 1.71. The summed E-state index contributed by atoms with van der Waals surface area (Å²) >= 11 is 0. The summed E-state index contributed by atoms with van der Waals surface area (Å²) < 4.78 is 9.11. The van der Waals surface area contributed by atoms with Crippen LogP contribution in [0.3, 0.4) is 0 Å². The maximum Gasteiger partial charge on any atom is 0.317 e. The largest absolute Gasteiger partial charge is 0.469 e. The van der Waals surface area contributed by atoms with Crippen molar-refractivity contribution in [2.24, 2.45) is 0 Å². The number of rotatable bonds is 4. The van der Waals surface area contributed by atoms with Gasteiger partial charge < -0.3 is 9.47 Å². The van der Waals surface area contributed by atoms with Crippen molar-refractivity contribution in [3.63, 3.8) is 0 Å². The predicted molar refractivity (Wildman–Crippen MR) is 70.3 cm³/mol. The van der Waals surface area contributed by atoms with Gasteiger partial charge in [-0.15, -0.1) is 0 Å². The van der Waals surface area contributed by atoms with Gasteiger partial charge in [0.1, 0.15) is 6.42 Å². The second-order valence-electron chi connectivity index (χ2n) is 3.79. The van der Waals surface area contributed by atoms with Crippen molar-refractivity contribution in [2.45, 2.75) is 19.3 Å². The van der Waals surface area contributed by atoms with E-state index >= 15 is 0 Å². The lowest BCUT2D eigenvalue weighted by atomic mass is 10.0. The quantitative estimate of drug-likeness (QED) is 0.611. The Morgan fingerprint density at radius 1 is 1.11 bits per heavy atom. The second kappa shape index (κ2) is 7.93. The fourth-order valence-electron chi connectivity index (χ4n) is 1.48. The van der Waals surface area contributed by atoms with E-state index in [1.54, 1.807) is 0 Å². The first kappa shape index (κ1) is 14.8. The van der Waals surface area contributed by atoms with Gasteiger partial charge in [0.15, 0.2) is 0 Å². The monoisotopic (exact) mass is 260 g/mol. The number of carbonyl (C=O) groups is 2. The molecule has 0 radical (unpaired) electrons. The summed E-state index contributed by atoms with van der Waals surface area (Å²) in [5, 5.41) is 0. The van der Waals surface area contributed by atoms with Crippen LogP contribution < -0.4 is 0 Å². The van der Waals surface area contributed by atoms with Crippen molar-refractivity contribution in [2.75, 3.05) is 14.2 Å². The van der Waals surface area contributed by atoms with Gasteiger partial charge in [-0.25, -0.2) is 0 Å². The molecule has 0 aliphatic carbocycles. The van der Waals surface area contributed by atoms with Crippen LogP contribution in [0.4, 0.5) is 0 Å². The molecule has 0 N–H and O–H groups in total. The number of benzene rings is 1. The smallest absolute Gasteiger partial charge is 0.317 e. The normalized spacial score (nSPS) is 9.16. The van der Waals surface area contributed by atoms with E-state index in [2.05, 4.69) is 21.3 Å². The third-order valence-corrected chi connectivity index (χ3v) is 2.53. The van der Waals surface area contributed by atoms with Gasteiger partial charge in [0.2, 0.25) is 0 Å². The summed E-state index contributed by atoms with van der Waals surface area (Å²) in [6.07, 6.45) is 0.934. The average molecular weight is 260 g/mol. The van der Waals surface area contributed by atoms with E-state index in [1.165, 1.54) is 14.2 Å². The summed E-state index contributed by atoms with van der Waals surface area (Å²) in [7, 11) is 2.69. The first-order chi connectivity index (χ1) is 9.17. The van der Waals surface area contributed by atoms with Crippen LogP contribution in [0.5, 0.6) is 0 Å². The lowest BCUT2D eigenvalue weighted by Gasteiger charge is -2.03. The van der Waals surface area contributed by atoms with Crippen molar-refractivity contribution in [1.82, 2.24) is 0 Å². The molecular formula is C15H16O4. The Labute approximate surface area is 112 Å². The van der Waals surface area contributed by atoms with E-state index in [9.17, 15) is 9.59 Å². The second-order valence-corrected chi connectivity index (χ2v) is 3.79. The first-order valence-electron chi connectivity index (χ1n) is 5.87. The van der Waals surface area contributed by atoms with Gasteiger partial charge in [-0.05, 0) is 18.1 Å². The zero-order chi connectivity index (χ0) is 14.1. The molecule has 0 saturated carbocycles. The summed E-state index contributed by atoms with van der Waals surface area (Å²) in [5.41, 5.74) is 1.78. The molecule has 4 heteroatoms. The van der Waals surface area contributed by atoms with Gasteiger partial charge in [-0.1, -0.05) is 30.0 Å². The van der Waals surface area contributed by atoms with Crippen LogP contribution in [-0.4, -0.2) is 26.2 Å². The van der Waals surface area contributed by atoms with E-state index in [0.717, 1.165) is 11.1 Å². The Hall–Kier alpha value is -2.28. The highest BCUT2D eigenvalue weighted by atomic mass is 16.5. The summed E-state index contributed by atoms with van der Waals surface area (Å²) in [5.74, 6) is 5.06. The van der Waals surface area contributed by atoms with E-state index in [0.29, 0.717) is 12.8 Å². The van der Waals surface area contributed by atoms with Crippen molar-refractivity contribution in [3.8, 4) is 11.8 Å². The SMILES string of the molecule is COC(=O)CC#Cc1ccccc1CCC(=O)OC. The third-order valence-electron chi connectivity index (χ3n) is 2.53. The first-order valence-corrected chi connectivity index (χ1v) is 5.87. The van der Waals surface area contributed by atoms with Crippen LogP contribution in [0.25, 0.3) is 0 Å². The number of aryl methyl sites for hydroxylation is 1. The fourth-order valence-corrected chi connectivity index (χ4v) is 1.48. The lowest BCUT2D eigenvalue weighted by Crippen LogP contribution is -2.03. The van der Waals surface area contributed by atoms with Gasteiger partial charge in [0.05, 0.1) is 14.2 Å². The Kier molecular flexibility index (Phi) is 6.17. The number of esters is 2. The van der Waals surface area contributed by atoms with Crippen LogP contribution in [0, 0.1) is 11.8 Å². The van der Waals surface area contributed by atoms with E-state index in [1.807, 2.05) is 24.3 Å². The van der Waals surface area contributed by atoms with E-state index in [4.69, 9.17) is 0 Å². The molecule has 0 aliphatic rings. The number of ether oxygens (including phenoxy) is 2. The minimum absolute atomic E-state index is 0.0574. The molecule has 0 unspecified atom stereocenters. The molecule has 0 spiro atoms. The fraction of sp³-hybridized carbons (Fsp3) is 0.333. The average Bonchev–Trinajstić information content (AvgIpc) is 2.45. The van der Waals surface area contributed by atoms with Gasteiger partial charge in [-0.2, -0.15) is 0 Å². The van der Waals surface area contributed by atoms with Gasteiger partial charge >= 0.3 is 11.9 Å². The highest BCUT2D eigenvalue weighted by Crippen LogP contribution is 2.10. The van der Waals surface area contributed by atoms with E-state index < -0.39 is 0 Å². The maximum atomic E-state index is 11.1. The highest BCUT2D eigenvalue weighted by molar-refractivity contribution is 5.72. The number of carbonyl (C=O) groups excluding carboxylic acids is 2. The number of hydrogen-bond donors (Lipinski definition) is 0. The van der Waals surface area contributed by atoms with Crippen LogP contribution in [0.2, 0.25) is 0 Å². The Morgan fingerprint density at radius 2 is 1.79 bits per heavy atom. The molecule has 1 aromatic carbocycles. The standard InChI is InChI=1S/C15H16O4/c1-18-14(16)9-5-8-12-6-3-4-7-13(12)10-11-15(17)19-2/h3-4,6-7H,9-11H2,1-2H3. The lowest BCUT2D eigenvalue weighted by molar-refractivity contribution is -0.141. The molecule has 0 aromatic heterocycles. The maximum absolute atomic E-state index is 11.1. The minimum Gasteiger partial charge on any atom is -0.469 e. The van der Waals surface area contributed by atoms with Gasteiger partial charge in [0, 0.05) is 12.0 Å². The Balaban J connectivity index is 2.72. The molecule has 0 saturated heterocycles. The van der Waals surface area contributed by atoms with Crippen LogP contribution in [0.15, 0.2) is 24.3 Å². The van der Waals surface area contributed by atoms with Crippen molar-refractivity contribution in [3.05, 3.63) is 35.4 Å². The topological polar surface area (TPSA) is 52.6 Å². The molecule has 1 aromatic rings. The van der Waals surface area contributed by atoms with Crippen molar-refractivity contribution < 1.29 is 19.1 Å². The van der Waals surface area contributed by atoms with Gasteiger partial charge in [0.25, 0.3) is 0 Å². The highest BCUT2D eigenvalue weighted by Gasteiger charge is 2.04.